The number of nitrogens with zero attached hydrogens (tertiary/aromatic N) is 1. The van der Waals surface area contributed by atoms with Crippen molar-refractivity contribution < 1.29 is 33.8 Å². The van der Waals surface area contributed by atoms with Gasteiger partial charge in [0.1, 0.15) is 18.7 Å². The number of carbonyl (C=O) groups excluding carboxylic acids is 5. The summed E-state index contributed by atoms with van der Waals surface area (Å²) in [6.07, 6.45) is -2.77. The van der Waals surface area contributed by atoms with Crippen molar-refractivity contribution in [3.8, 4) is 0 Å². The van der Waals surface area contributed by atoms with Gasteiger partial charge in [0.15, 0.2) is 6.10 Å². The Morgan fingerprint density at radius 1 is 0.976 bits per heavy atom. The van der Waals surface area contributed by atoms with Crippen LogP contribution in [0.15, 0.2) is 60.7 Å². The van der Waals surface area contributed by atoms with Crippen molar-refractivity contribution in [1.29, 1.82) is 0 Å². The van der Waals surface area contributed by atoms with Gasteiger partial charge in [0, 0.05) is 6.54 Å². The molecule has 0 unspecified atom stereocenters. The van der Waals surface area contributed by atoms with Crippen molar-refractivity contribution >= 4 is 29.7 Å². The highest BCUT2D eigenvalue weighted by molar-refractivity contribution is 5.93. The number of aliphatic hydroxyl groups is 1. The zero-order valence-electron chi connectivity index (χ0n) is 23.1. The van der Waals surface area contributed by atoms with Crippen LogP contribution in [-0.4, -0.2) is 70.5 Å². The Balaban J connectivity index is 1.78. The highest BCUT2D eigenvalue weighted by Crippen LogP contribution is 2.36. The number of benzene rings is 2. The van der Waals surface area contributed by atoms with Gasteiger partial charge in [-0.05, 0) is 29.4 Å². The molecule has 1 aliphatic heterocycles. The molecule has 12 heteroatoms. The lowest BCUT2D eigenvalue weighted by atomic mass is 9.84. The molecule has 0 saturated carbocycles. The zero-order chi connectivity index (χ0) is 30.2. The largest absolute Gasteiger partial charge is 0.445 e. The van der Waals surface area contributed by atoms with Gasteiger partial charge in [0.2, 0.25) is 17.7 Å². The molecule has 0 aliphatic carbocycles. The topological polar surface area (TPSA) is 194 Å². The van der Waals surface area contributed by atoms with Gasteiger partial charge in [0.05, 0.1) is 12.5 Å². The summed E-state index contributed by atoms with van der Waals surface area (Å²) in [4.78, 5) is 64.4. The normalized spacial score (nSPS) is 18.0. The summed E-state index contributed by atoms with van der Waals surface area (Å²) < 4.78 is 5.16. The number of hydrogen-bond donors (Lipinski definition) is 5. The van der Waals surface area contributed by atoms with E-state index in [0.717, 1.165) is 0 Å². The third-order valence-electron chi connectivity index (χ3n) is 7.09. The monoisotopic (exact) mass is 567 g/mol. The first kappa shape index (κ1) is 31.1. The Labute approximate surface area is 238 Å². The summed E-state index contributed by atoms with van der Waals surface area (Å²) >= 11 is 0. The summed E-state index contributed by atoms with van der Waals surface area (Å²) in [5.41, 5.74) is 11.7. The molecule has 1 fully saturated rings. The molecule has 5 amide bonds. The Kier molecular flexibility index (Phi) is 10.4. The van der Waals surface area contributed by atoms with Crippen molar-refractivity contribution in [2.75, 3.05) is 6.54 Å². The number of hydrogen-bond acceptors (Lipinski definition) is 7. The number of likely N-dealkylation sites (tertiary alicyclic amines) is 1. The van der Waals surface area contributed by atoms with Gasteiger partial charge in [-0.2, -0.15) is 0 Å². The second-order valence-corrected chi connectivity index (χ2v) is 10.8. The van der Waals surface area contributed by atoms with E-state index < -0.39 is 65.8 Å². The first-order valence-electron chi connectivity index (χ1n) is 13.3. The number of ether oxygens (including phenoxy) is 1. The predicted molar refractivity (Wildman–Crippen MR) is 149 cm³/mol. The second kappa shape index (κ2) is 13.8. The fourth-order valence-corrected chi connectivity index (χ4v) is 4.92. The van der Waals surface area contributed by atoms with Crippen LogP contribution in [0.1, 0.15) is 37.8 Å². The molecule has 2 aromatic carbocycles. The van der Waals surface area contributed by atoms with Gasteiger partial charge in [-0.15, -0.1) is 0 Å². The SMILES string of the molecule is CC1(C)CCN(C(=O)[C@@H](O)[C@H](Cc2ccccc2)NC(=O)[C@H](CC(N)=O)NC(=O)OCc2ccccc2)[C@@H]1C(N)=O. The summed E-state index contributed by atoms with van der Waals surface area (Å²) in [5, 5.41) is 16.1. The molecule has 1 heterocycles. The van der Waals surface area contributed by atoms with Crippen LogP contribution in [0, 0.1) is 5.41 Å². The maximum Gasteiger partial charge on any atom is 0.408 e. The summed E-state index contributed by atoms with van der Waals surface area (Å²) in [6.45, 7) is 3.74. The van der Waals surface area contributed by atoms with Crippen molar-refractivity contribution in [3.05, 3.63) is 71.8 Å². The minimum absolute atomic E-state index is 0.0275. The number of primary amides is 2. The molecule has 0 aromatic heterocycles. The molecule has 4 atom stereocenters. The lowest BCUT2D eigenvalue weighted by Gasteiger charge is -2.33. The molecular weight excluding hydrogens is 530 g/mol. The van der Waals surface area contributed by atoms with Crippen LogP contribution in [0.25, 0.3) is 0 Å². The summed E-state index contributed by atoms with van der Waals surface area (Å²) in [7, 11) is 0. The Hall–Kier alpha value is -4.45. The first-order valence-corrected chi connectivity index (χ1v) is 13.3. The summed E-state index contributed by atoms with van der Waals surface area (Å²) in [6, 6.07) is 14.1. The molecule has 220 valence electrons. The number of nitrogens with one attached hydrogen (secondary N) is 2. The van der Waals surface area contributed by atoms with Crippen LogP contribution in [0.4, 0.5) is 4.79 Å². The first-order chi connectivity index (χ1) is 19.4. The Morgan fingerprint density at radius 3 is 2.12 bits per heavy atom. The van der Waals surface area contributed by atoms with Crippen molar-refractivity contribution in [3.63, 3.8) is 0 Å². The van der Waals surface area contributed by atoms with E-state index in [0.29, 0.717) is 17.5 Å². The smallest absolute Gasteiger partial charge is 0.408 e. The van der Waals surface area contributed by atoms with Gasteiger partial charge in [-0.3, -0.25) is 19.2 Å². The molecule has 41 heavy (non-hydrogen) atoms. The third-order valence-corrected chi connectivity index (χ3v) is 7.09. The van der Waals surface area contributed by atoms with E-state index in [1.54, 1.807) is 60.7 Å². The molecule has 2 aromatic rings. The van der Waals surface area contributed by atoms with Gasteiger partial charge in [-0.1, -0.05) is 74.5 Å². The number of alkyl carbamates (subject to hydrolysis) is 1. The average molecular weight is 568 g/mol. The number of amides is 5. The molecule has 1 aliphatic rings. The lowest BCUT2D eigenvalue weighted by molar-refractivity contribution is -0.148. The van der Waals surface area contributed by atoms with Gasteiger partial charge in [0.25, 0.3) is 5.91 Å². The van der Waals surface area contributed by atoms with E-state index in [1.165, 1.54) is 4.90 Å². The highest BCUT2D eigenvalue weighted by Gasteiger charge is 2.48. The molecule has 12 nitrogen and oxygen atoms in total. The maximum absolute atomic E-state index is 13.5. The van der Waals surface area contributed by atoms with Crippen molar-refractivity contribution in [1.82, 2.24) is 15.5 Å². The minimum atomic E-state index is -1.77. The van der Waals surface area contributed by atoms with E-state index in [9.17, 15) is 29.1 Å². The predicted octanol–water partition coefficient (Wildman–Crippen LogP) is 0.358. The molecule has 0 spiro atoms. The van der Waals surface area contributed by atoms with Crippen LogP contribution in [-0.2, 0) is 36.9 Å². The summed E-state index contributed by atoms with van der Waals surface area (Å²) in [5.74, 6) is -3.20. The highest BCUT2D eigenvalue weighted by atomic mass is 16.5. The van der Waals surface area contributed by atoms with E-state index in [2.05, 4.69) is 10.6 Å². The number of nitrogens with two attached hydrogens (primary N) is 2. The maximum atomic E-state index is 13.5. The number of carbonyl (C=O) groups is 5. The van der Waals surface area contributed by atoms with E-state index in [4.69, 9.17) is 16.2 Å². The minimum Gasteiger partial charge on any atom is -0.445 e. The number of aliphatic hydroxyl groups excluding tert-OH is 1. The van der Waals surface area contributed by atoms with E-state index in [-0.39, 0.29) is 19.6 Å². The molecule has 3 rings (SSSR count). The van der Waals surface area contributed by atoms with Gasteiger partial charge >= 0.3 is 6.09 Å². The standard InChI is InChI=1S/C29H37N5O7/c1-29(2)13-14-34(24(29)25(31)37)27(39)23(36)20(15-18-9-5-3-6-10-18)32-26(38)21(16-22(30)35)33-28(40)41-17-19-11-7-4-8-12-19/h3-12,20-21,23-24,36H,13-17H2,1-2H3,(H2,30,35)(H2,31,37)(H,32,38)(H,33,40)/t20-,21-,23-,24+/m0/s1. The van der Waals surface area contributed by atoms with Crippen LogP contribution in [0.2, 0.25) is 0 Å². The third kappa shape index (κ3) is 8.52. The molecule has 0 radical (unpaired) electrons. The van der Waals surface area contributed by atoms with Gasteiger partial charge in [-0.25, -0.2) is 4.79 Å². The molecule has 7 N–H and O–H groups in total. The van der Waals surface area contributed by atoms with Crippen LogP contribution in [0.3, 0.4) is 0 Å². The molecule has 0 bridgehead atoms. The molecular formula is C29H37N5O7. The van der Waals surface area contributed by atoms with Crippen molar-refractivity contribution in [2.45, 2.75) is 63.9 Å². The fraction of sp³-hybridized carbons (Fsp3) is 0.414. The van der Waals surface area contributed by atoms with Gasteiger partial charge < -0.3 is 36.8 Å². The van der Waals surface area contributed by atoms with Crippen LogP contribution >= 0.6 is 0 Å². The zero-order valence-corrected chi connectivity index (χ0v) is 23.1. The van der Waals surface area contributed by atoms with E-state index in [1.807, 2.05) is 13.8 Å². The molecule has 1 saturated heterocycles. The number of rotatable bonds is 12. The lowest BCUT2D eigenvalue weighted by Crippen LogP contribution is -2.59. The van der Waals surface area contributed by atoms with E-state index >= 15 is 0 Å². The van der Waals surface area contributed by atoms with Crippen molar-refractivity contribution in [2.24, 2.45) is 16.9 Å². The second-order valence-electron chi connectivity index (χ2n) is 10.8. The average Bonchev–Trinajstić information content (AvgIpc) is 3.26. The Bertz CT molecular complexity index is 1240. The fourth-order valence-electron chi connectivity index (χ4n) is 4.92. The van der Waals surface area contributed by atoms with Crippen LogP contribution in [0.5, 0.6) is 0 Å². The van der Waals surface area contributed by atoms with Crippen LogP contribution < -0.4 is 22.1 Å². The Morgan fingerprint density at radius 2 is 1.56 bits per heavy atom. The quantitative estimate of drug-likeness (QED) is 0.244.